The number of rotatable bonds is 6. The highest BCUT2D eigenvalue weighted by atomic mass is 16.1. The van der Waals surface area contributed by atoms with Gasteiger partial charge in [-0.1, -0.05) is 6.07 Å². The SMILES string of the molecule is CC(=O)c1c(C)cc(C)c(CN(CC(N)=O)C(C)C)c1C. The molecule has 4 heteroatoms. The van der Waals surface area contributed by atoms with Crippen LogP contribution in [0.5, 0.6) is 0 Å². The van der Waals surface area contributed by atoms with Crippen LogP contribution in [-0.2, 0) is 11.3 Å². The first kappa shape index (κ1) is 17.4. The van der Waals surface area contributed by atoms with E-state index in [-0.39, 0.29) is 24.3 Å². The summed E-state index contributed by atoms with van der Waals surface area (Å²) in [6.07, 6.45) is 0. The van der Waals surface area contributed by atoms with Crippen molar-refractivity contribution in [1.29, 1.82) is 0 Å². The average molecular weight is 290 g/mol. The largest absolute Gasteiger partial charge is 0.369 e. The lowest BCUT2D eigenvalue weighted by atomic mass is 9.91. The Balaban J connectivity index is 3.26. The normalized spacial score (nSPS) is 11.2. The third kappa shape index (κ3) is 4.14. The number of ketones is 1. The Kier molecular flexibility index (Phi) is 5.67. The summed E-state index contributed by atoms with van der Waals surface area (Å²) in [7, 11) is 0. The summed E-state index contributed by atoms with van der Waals surface area (Å²) in [5, 5.41) is 0. The molecule has 0 unspecified atom stereocenters. The molecule has 116 valence electrons. The Morgan fingerprint density at radius 2 is 1.76 bits per heavy atom. The molecule has 0 saturated carbocycles. The number of hydrogen-bond donors (Lipinski definition) is 1. The van der Waals surface area contributed by atoms with Crippen LogP contribution in [0, 0.1) is 20.8 Å². The molecule has 0 bridgehead atoms. The topological polar surface area (TPSA) is 63.4 Å². The molecule has 0 fully saturated rings. The van der Waals surface area contributed by atoms with E-state index in [0.29, 0.717) is 6.54 Å². The molecule has 1 aromatic carbocycles. The van der Waals surface area contributed by atoms with Crippen molar-refractivity contribution in [2.75, 3.05) is 6.54 Å². The fraction of sp³-hybridized carbons (Fsp3) is 0.529. The van der Waals surface area contributed by atoms with Crippen molar-refractivity contribution >= 4 is 11.7 Å². The number of carbonyl (C=O) groups excluding carboxylic acids is 2. The van der Waals surface area contributed by atoms with E-state index in [2.05, 4.69) is 0 Å². The molecule has 21 heavy (non-hydrogen) atoms. The van der Waals surface area contributed by atoms with E-state index in [1.165, 1.54) is 0 Å². The zero-order valence-corrected chi connectivity index (χ0v) is 13.9. The predicted octanol–water partition coefficient (Wildman–Crippen LogP) is 2.51. The van der Waals surface area contributed by atoms with Crippen LogP contribution in [0.2, 0.25) is 0 Å². The van der Waals surface area contributed by atoms with Gasteiger partial charge in [0.05, 0.1) is 6.54 Å². The Morgan fingerprint density at radius 1 is 1.19 bits per heavy atom. The second-order valence-electron chi connectivity index (χ2n) is 6.01. The van der Waals surface area contributed by atoms with E-state index in [4.69, 9.17) is 5.73 Å². The van der Waals surface area contributed by atoms with Crippen molar-refractivity contribution in [2.24, 2.45) is 5.73 Å². The van der Waals surface area contributed by atoms with E-state index in [9.17, 15) is 9.59 Å². The summed E-state index contributed by atoms with van der Waals surface area (Å²) >= 11 is 0. The van der Waals surface area contributed by atoms with Crippen LogP contribution in [0.1, 0.15) is 53.4 Å². The minimum atomic E-state index is -0.335. The highest BCUT2D eigenvalue weighted by Gasteiger charge is 2.19. The van der Waals surface area contributed by atoms with Crippen molar-refractivity contribution in [3.63, 3.8) is 0 Å². The Labute approximate surface area is 127 Å². The number of nitrogens with zero attached hydrogens (tertiary/aromatic N) is 1. The van der Waals surface area contributed by atoms with Crippen molar-refractivity contribution in [2.45, 2.75) is 54.1 Å². The molecule has 0 aromatic heterocycles. The lowest BCUT2D eigenvalue weighted by Crippen LogP contribution is -2.38. The third-order valence-corrected chi connectivity index (χ3v) is 3.93. The first-order valence-corrected chi connectivity index (χ1v) is 7.28. The molecule has 0 saturated heterocycles. The Morgan fingerprint density at radius 3 is 2.19 bits per heavy atom. The van der Waals surface area contributed by atoms with Gasteiger partial charge in [0.25, 0.3) is 0 Å². The van der Waals surface area contributed by atoms with Crippen LogP contribution >= 0.6 is 0 Å². The van der Waals surface area contributed by atoms with Gasteiger partial charge in [0.1, 0.15) is 0 Å². The summed E-state index contributed by atoms with van der Waals surface area (Å²) in [4.78, 5) is 25.1. The molecule has 0 heterocycles. The molecule has 1 rings (SSSR count). The van der Waals surface area contributed by atoms with Crippen LogP contribution in [-0.4, -0.2) is 29.2 Å². The molecule has 1 aromatic rings. The van der Waals surface area contributed by atoms with Crippen molar-refractivity contribution in [3.05, 3.63) is 33.9 Å². The lowest BCUT2D eigenvalue weighted by molar-refractivity contribution is -0.119. The predicted molar refractivity (Wildman–Crippen MR) is 85.4 cm³/mol. The number of benzene rings is 1. The quantitative estimate of drug-likeness (QED) is 0.819. The van der Waals surface area contributed by atoms with Gasteiger partial charge in [0, 0.05) is 18.2 Å². The molecule has 0 radical (unpaired) electrons. The highest BCUT2D eigenvalue weighted by molar-refractivity contribution is 5.97. The van der Waals surface area contributed by atoms with Crippen LogP contribution in [0.25, 0.3) is 0 Å². The summed E-state index contributed by atoms with van der Waals surface area (Å²) in [5.41, 5.74) is 10.4. The number of nitrogens with two attached hydrogens (primary N) is 1. The van der Waals surface area contributed by atoms with Crippen molar-refractivity contribution < 1.29 is 9.59 Å². The average Bonchev–Trinajstić information content (AvgIpc) is 2.31. The second-order valence-corrected chi connectivity index (χ2v) is 6.01. The van der Waals surface area contributed by atoms with Gasteiger partial charge < -0.3 is 5.73 Å². The van der Waals surface area contributed by atoms with E-state index in [0.717, 1.165) is 27.8 Å². The number of Topliss-reactive ketones (excluding diaryl/α,β-unsaturated/α-hetero) is 1. The summed E-state index contributed by atoms with van der Waals surface area (Å²) in [5.74, 6) is -0.254. The number of aryl methyl sites for hydroxylation is 2. The summed E-state index contributed by atoms with van der Waals surface area (Å²) in [6, 6.07) is 2.25. The number of amides is 1. The smallest absolute Gasteiger partial charge is 0.231 e. The van der Waals surface area contributed by atoms with Gasteiger partial charge in [-0.2, -0.15) is 0 Å². The Bertz CT molecular complexity index is 562. The monoisotopic (exact) mass is 290 g/mol. The molecule has 0 atom stereocenters. The van der Waals surface area contributed by atoms with Crippen LogP contribution in [0.4, 0.5) is 0 Å². The molecule has 1 amide bonds. The van der Waals surface area contributed by atoms with Gasteiger partial charge >= 0.3 is 0 Å². The molecule has 2 N–H and O–H groups in total. The van der Waals surface area contributed by atoms with Gasteiger partial charge in [-0.15, -0.1) is 0 Å². The summed E-state index contributed by atoms with van der Waals surface area (Å²) < 4.78 is 0. The van der Waals surface area contributed by atoms with E-state index in [1.54, 1.807) is 6.92 Å². The minimum Gasteiger partial charge on any atom is -0.369 e. The fourth-order valence-corrected chi connectivity index (χ4v) is 2.84. The zero-order valence-electron chi connectivity index (χ0n) is 13.9. The van der Waals surface area contributed by atoms with Gasteiger partial charge in [0.15, 0.2) is 5.78 Å². The highest BCUT2D eigenvalue weighted by Crippen LogP contribution is 2.24. The minimum absolute atomic E-state index is 0.0808. The fourth-order valence-electron chi connectivity index (χ4n) is 2.84. The molecule has 4 nitrogen and oxygen atoms in total. The maximum absolute atomic E-state index is 11.9. The van der Waals surface area contributed by atoms with Crippen molar-refractivity contribution in [1.82, 2.24) is 4.90 Å². The molecule has 0 aliphatic heterocycles. The number of primary amides is 1. The number of hydrogen-bond acceptors (Lipinski definition) is 3. The van der Waals surface area contributed by atoms with E-state index >= 15 is 0 Å². The zero-order chi connectivity index (χ0) is 16.3. The maximum atomic E-state index is 11.9. The van der Waals surface area contributed by atoms with Gasteiger partial charge in [-0.25, -0.2) is 0 Å². The van der Waals surface area contributed by atoms with Crippen LogP contribution in [0.3, 0.4) is 0 Å². The van der Waals surface area contributed by atoms with E-state index in [1.807, 2.05) is 45.6 Å². The molecule has 0 aliphatic carbocycles. The van der Waals surface area contributed by atoms with Crippen LogP contribution in [0.15, 0.2) is 6.07 Å². The molecule has 0 spiro atoms. The standard InChI is InChI=1S/C17H26N2O2/c1-10(2)19(9-16(18)21)8-15-11(3)7-12(4)17(13(15)5)14(6)20/h7,10H,8-9H2,1-6H3,(H2,18,21). The van der Waals surface area contributed by atoms with Crippen LogP contribution < -0.4 is 5.73 Å². The van der Waals surface area contributed by atoms with Gasteiger partial charge in [-0.3, -0.25) is 14.5 Å². The van der Waals surface area contributed by atoms with Gasteiger partial charge in [-0.05, 0) is 63.8 Å². The second kappa shape index (κ2) is 6.85. The Hall–Kier alpha value is -1.68. The lowest BCUT2D eigenvalue weighted by Gasteiger charge is -2.27. The van der Waals surface area contributed by atoms with E-state index < -0.39 is 0 Å². The number of carbonyl (C=O) groups is 2. The first-order valence-electron chi connectivity index (χ1n) is 7.28. The van der Waals surface area contributed by atoms with Gasteiger partial charge in [0.2, 0.25) is 5.91 Å². The summed E-state index contributed by atoms with van der Waals surface area (Å²) in [6.45, 7) is 12.5. The molecular formula is C17H26N2O2. The third-order valence-electron chi connectivity index (χ3n) is 3.93. The van der Waals surface area contributed by atoms with Crippen molar-refractivity contribution in [3.8, 4) is 0 Å². The molecule has 0 aliphatic rings. The maximum Gasteiger partial charge on any atom is 0.231 e. The first-order chi connectivity index (χ1) is 9.65. The molecular weight excluding hydrogens is 264 g/mol.